The summed E-state index contributed by atoms with van der Waals surface area (Å²) in [6.45, 7) is 5.61. The van der Waals surface area contributed by atoms with Crippen molar-refractivity contribution < 1.29 is 14.6 Å². The Balaban J connectivity index is 3.68. The van der Waals surface area contributed by atoms with Crippen molar-refractivity contribution in [2.45, 2.75) is 71.5 Å². The zero-order chi connectivity index (χ0) is 11.7. The van der Waals surface area contributed by atoms with E-state index < -0.39 is 12.1 Å². The van der Waals surface area contributed by atoms with Gasteiger partial charge >= 0.3 is 5.97 Å². The van der Waals surface area contributed by atoms with E-state index in [-0.39, 0.29) is 6.10 Å². The molecular formula is C12H24O3. The highest BCUT2D eigenvalue weighted by atomic mass is 16.6. The van der Waals surface area contributed by atoms with Gasteiger partial charge in [-0.1, -0.05) is 33.1 Å². The van der Waals surface area contributed by atoms with Crippen LogP contribution in [0, 0.1) is 0 Å². The van der Waals surface area contributed by atoms with Crippen LogP contribution in [-0.4, -0.2) is 23.3 Å². The van der Waals surface area contributed by atoms with Gasteiger partial charge in [0.2, 0.25) is 0 Å². The van der Waals surface area contributed by atoms with Gasteiger partial charge in [-0.3, -0.25) is 0 Å². The monoisotopic (exact) mass is 216 g/mol. The molecule has 0 rings (SSSR count). The predicted molar refractivity (Wildman–Crippen MR) is 60.6 cm³/mol. The molecule has 0 aliphatic rings. The molecule has 3 heteroatoms. The highest BCUT2D eigenvalue weighted by Crippen LogP contribution is 2.11. The number of aliphatic hydroxyl groups is 1. The van der Waals surface area contributed by atoms with Crippen molar-refractivity contribution >= 4 is 5.97 Å². The molecule has 0 fully saturated rings. The van der Waals surface area contributed by atoms with Gasteiger partial charge in [0.05, 0.1) is 0 Å². The van der Waals surface area contributed by atoms with Gasteiger partial charge in [-0.05, 0) is 26.2 Å². The fourth-order valence-electron chi connectivity index (χ4n) is 1.41. The summed E-state index contributed by atoms with van der Waals surface area (Å²) in [5.41, 5.74) is 0. The maximum Gasteiger partial charge on any atom is 0.334 e. The molecule has 0 heterocycles. The SMILES string of the molecule is CCCCCCC(CC)OC(=O)C(C)O. The van der Waals surface area contributed by atoms with Crippen molar-refractivity contribution in [3.8, 4) is 0 Å². The lowest BCUT2D eigenvalue weighted by Gasteiger charge is -2.16. The highest BCUT2D eigenvalue weighted by molar-refractivity contribution is 5.73. The average molecular weight is 216 g/mol. The van der Waals surface area contributed by atoms with E-state index in [1.165, 1.54) is 26.2 Å². The molecule has 1 N–H and O–H groups in total. The van der Waals surface area contributed by atoms with Crippen molar-refractivity contribution in [3.05, 3.63) is 0 Å². The zero-order valence-electron chi connectivity index (χ0n) is 10.2. The Morgan fingerprint density at radius 1 is 1.27 bits per heavy atom. The van der Waals surface area contributed by atoms with Crippen LogP contribution in [0.25, 0.3) is 0 Å². The first kappa shape index (κ1) is 14.4. The molecule has 15 heavy (non-hydrogen) atoms. The molecule has 0 aromatic carbocycles. The molecule has 2 unspecified atom stereocenters. The topological polar surface area (TPSA) is 46.5 Å². The van der Waals surface area contributed by atoms with Crippen LogP contribution >= 0.6 is 0 Å². The molecule has 90 valence electrons. The van der Waals surface area contributed by atoms with Gasteiger partial charge in [0, 0.05) is 0 Å². The number of hydrogen-bond donors (Lipinski definition) is 1. The highest BCUT2D eigenvalue weighted by Gasteiger charge is 2.16. The number of rotatable bonds is 8. The van der Waals surface area contributed by atoms with E-state index >= 15 is 0 Å². The van der Waals surface area contributed by atoms with Crippen molar-refractivity contribution in [2.75, 3.05) is 0 Å². The van der Waals surface area contributed by atoms with Crippen LogP contribution < -0.4 is 0 Å². The molecule has 0 spiro atoms. The number of unbranched alkanes of at least 4 members (excludes halogenated alkanes) is 3. The van der Waals surface area contributed by atoms with Crippen LogP contribution in [0.15, 0.2) is 0 Å². The molecule has 2 atom stereocenters. The molecule has 0 saturated carbocycles. The van der Waals surface area contributed by atoms with Gasteiger partial charge < -0.3 is 9.84 Å². The van der Waals surface area contributed by atoms with Crippen LogP contribution in [0.4, 0.5) is 0 Å². The summed E-state index contributed by atoms with van der Waals surface area (Å²) in [7, 11) is 0. The summed E-state index contributed by atoms with van der Waals surface area (Å²) >= 11 is 0. The Labute approximate surface area is 92.8 Å². The van der Waals surface area contributed by atoms with E-state index in [4.69, 9.17) is 9.84 Å². The first-order valence-electron chi connectivity index (χ1n) is 6.00. The Kier molecular flexibility index (Phi) is 8.38. The van der Waals surface area contributed by atoms with Crippen LogP contribution in [0.1, 0.15) is 59.3 Å². The third-order valence-electron chi connectivity index (χ3n) is 2.46. The second kappa shape index (κ2) is 8.72. The fourth-order valence-corrected chi connectivity index (χ4v) is 1.41. The van der Waals surface area contributed by atoms with Crippen molar-refractivity contribution in [3.63, 3.8) is 0 Å². The number of hydrogen-bond acceptors (Lipinski definition) is 3. The lowest BCUT2D eigenvalue weighted by Crippen LogP contribution is -2.25. The normalized spacial score (nSPS) is 14.7. The van der Waals surface area contributed by atoms with Crippen LogP contribution in [0.5, 0.6) is 0 Å². The van der Waals surface area contributed by atoms with E-state index in [9.17, 15) is 4.79 Å². The molecule has 0 aromatic rings. The van der Waals surface area contributed by atoms with Gasteiger partial charge in [0.1, 0.15) is 12.2 Å². The summed E-state index contributed by atoms with van der Waals surface area (Å²) < 4.78 is 5.15. The number of carbonyl (C=O) groups is 1. The van der Waals surface area contributed by atoms with E-state index in [1.807, 2.05) is 6.92 Å². The minimum Gasteiger partial charge on any atom is -0.460 e. The Hall–Kier alpha value is -0.570. The molecule has 0 aromatic heterocycles. The summed E-state index contributed by atoms with van der Waals surface area (Å²) in [4.78, 5) is 11.1. The second-order valence-corrected chi connectivity index (χ2v) is 3.99. The van der Waals surface area contributed by atoms with Gasteiger partial charge in [-0.15, -0.1) is 0 Å². The van der Waals surface area contributed by atoms with Crippen molar-refractivity contribution in [1.82, 2.24) is 0 Å². The molecule has 0 bridgehead atoms. The smallest absolute Gasteiger partial charge is 0.334 e. The Morgan fingerprint density at radius 2 is 1.93 bits per heavy atom. The third-order valence-corrected chi connectivity index (χ3v) is 2.46. The molecule has 0 saturated heterocycles. The van der Waals surface area contributed by atoms with E-state index in [0.29, 0.717) is 0 Å². The van der Waals surface area contributed by atoms with E-state index in [1.54, 1.807) is 0 Å². The molecule has 3 nitrogen and oxygen atoms in total. The van der Waals surface area contributed by atoms with Crippen LogP contribution in [0.3, 0.4) is 0 Å². The number of esters is 1. The minimum absolute atomic E-state index is 0.0241. The number of ether oxygens (including phenoxy) is 1. The van der Waals surface area contributed by atoms with Crippen LogP contribution in [0.2, 0.25) is 0 Å². The molecular weight excluding hydrogens is 192 g/mol. The number of aliphatic hydroxyl groups excluding tert-OH is 1. The summed E-state index contributed by atoms with van der Waals surface area (Å²) in [6.07, 6.45) is 5.45. The van der Waals surface area contributed by atoms with Gasteiger partial charge in [0.25, 0.3) is 0 Å². The standard InChI is InChI=1S/C12H24O3/c1-4-6-7-8-9-11(5-2)15-12(14)10(3)13/h10-11,13H,4-9H2,1-3H3. The second-order valence-electron chi connectivity index (χ2n) is 3.99. The first-order chi connectivity index (χ1) is 7.11. The van der Waals surface area contributed by atoms with E-state index in [2.05, 4.69) is 6.92 Å². The predicted octanol–water partition coefficient (Wildman–Crippen LogP) is 2.66. The maximum absolute atomic E-state index is 11.1. The minimum atomic E-state index is -1.00. The summed E-state index contributed by atoms with van der Waals surface area (Å²) in [5, 5.41) is 9.00. The van der Waals surface area contributed by atoms with Gasteiger partial charge in [0.15, 0.2) is 0 Å². The molecule has 0 aliphatic carbocycles. The zero-order valence-corrected chi connectivity index (χ0v) is 10.2. The number of carbonyl (C=O) groups excluding carboxylic acids is 1. The largest absolute Gasteiger partial charge is 0.460 e. The summed E-state index contributed by atoms with van der Waals surface area (Å²) in [5.74, 6) is -0.502. The first-order valence-corrected chi connectivity index (χ1v) is 6.00. The maximum atomic E-state index is 11.1. The van der Waals surface area contributed by atoms with Crippen LogP contribution in [-0.2, 0) is 9.53 Å². The quantitative estimate of drug-likeness (QED) is 0.501. The van der Waals surface area contributed by atoms with Crippen molar-refractivity contribution in [1.29, 1.82) is 0 Å². The third kappa shape index (κ3) is 7.37. The van der Waals surface area contributed by atoms with Gasteiger partial charge in [-0.2, -0.15) is 0 Å². The Bertz CT molecular complexity index is 166. The molecule has 0 amide bonds. The average Bonchev–Trinajstić information content (AvgIpc) is 2.22. The Morgan fingerprint density at radius 3 is 2.40 bits per heavy atom. The van der Waals surface area contributed by atoms with Crippen molar-refractivity contribution in [2.24, 2.45) is 0 Å². The lowest BCUT2D eigenvalue weighted by atomic mass is 10.1. The molecule has 0 radical (unpaired) electrons. The summed E-state index contributed by atoms with van der Waals surface area (Å²) in [6, 6.07) is 0. The van der Waals surface area contributed by atoms with Gasteiger partial charge in [-0.25, -0.2) is 4.79 Å². The molecule has 0 aliphatic heterocycles. The fraction of sp³-hybridized carbons (Fsp3) is 0.917. The van der Waals surface area contributed by atoms with E-state index in [0.717, 1.165) is 19.3 Å². The lowest BCUT2D eigenvalue weighted by molar-refractivity contribution is -0.158.